The number of hydrogen-bond donors (Lipinski definition) is 1. The highest BCUT2D eigenvalue weighted by Crippen LogP contribution is 2.45. The summed E-state index contributed by atoms with van der Waals surface area (Å²) in [4.78, 5) is 0. The lowest BCUT2D eigenvalue weighted by molar-refractivity contribution is 0.400. The first kappa shape index (κ1) is 12.8. The third kappa shape index (κ3) is 2.42. The molecule has 1 aromatic carbocycles. The number of nitrogens with one attached hydrogen (secondary N) is 1. The number of fused-ring (bicyclic) bond motifs is 2. The molecular weight excluding hydrogens is 357 g/mol. The quantitative estimate of drug-likeness (QED) is 0.583. The molecule has 0 aliphatic heterocycles. The summed E-state index contributed by atoms with van der Waals surface area (Å²) < 4.78 is 1.20. The maximum atomic E-state index is 5.99. The van der Waals surface area contributed by atoms with Gasteiger partial charge in [-0.3, -0.25) is 0 Å². The summed E-state index contributed by atoms with van der Waals surface area (Å²) in [6.45, 7) is 2.31. The van der Waals surface area contributed by atoms with Crippen molar-refractivity contribution in [1.29, 1.82) is 0 Å². The number of halogens is 2. The van der Waals surface area contributed by atoms with E-state index in [1.165, 1.54) is 22.1 Å². The minimum absolute atomic E-state index is 0.527. The lowest BCUT2D eigenvalue weighted by atomic mass is 9.87. The molecule has 3 heteroatoms. The van der Waals surface area contributed by atoms with Gasteiger partial charge < -0.3 is 5.32 Å². The van der Waals surface area contributed by atoms with Crippen molar-refractivity contribution in [2.24, 2.45) is 17.8 Å². The molecular formula is C15H17ClIN. The standard InChI is InChI=1S/C15H17ClIN/c1-9(13-7-10-2-3-11(13)6-10)18-15-5-4-12(16)8-14(15)17/h2-5,8-11,13,18H,6-7H2,1H3. The minimum Gasteiger partial charge on any atom is -0.381 e. The summed E-state index contributed by atoms with van der Waals surface area (Å²) in [7, 11) is 0. The molecule has 1 N–H and O–H groups in total. The molecule has 0 heterocycles. The van der Waals surface area contributed by atoms with Crippen LogP contribution < -0.4 is 5.32 Å². The van der Waals surface area contributed by atoms with Crippen LogP contribution in [0.5, 0.6) is 0 Å². The van der Waals surface area contributed by atoms with Crippen LogP contribution in [0.15, 0.2) is 30.4 Å². The van der Waals surface area contributed by atoms with Crippen LogP contribution in [0.1, 0.15) is 19.8 Å². The third-order valence-corrected chi connectivity index (χ3v) is 5.41. The Morgan fingerprint density at radius 1 is 1.33 bits per heavy atom. The van der Waals surface area contributed by atoms with E-state index in [-0.39, 0.29) is 0 Å². The molecule has 1 aromatic rings. The highest BCUT2D eigenvalue weighted by Gasteiger charge is 2.38. The van der Waals surface area contributed by atoms with Crippen molar-refractivity contribution in [3.63, 3.8) is 0 Å². The van der Waals surface area contributed by atoms with E-state index >= 15 is 0 Å². The molecule has 0 aromatic heterocycles. The number of hydrogen-bond acceptors (Lipinski definition) is 1. The Kier molecular flexibility index (Phi) is 3.59. The van der Waals surface area contributed by atoms with Crippen molar-refractivity contribution in [2.75, 3.05) is 5.32 Å². The lowest BCUT2D eigenvalue weighted by Gasteiger charge is -2.27. The van der Waals surface area contributed by atoms with E-state index in [0.29, 0.717) is 6.04 Å². The molecule has 1 fully saturated rings. The van der Waals surface area contributed by atoms with Gasteiger partial charge in [0.25, 0.3) is 0 Å². The van der Waals surface area contributed by atoms with Gasteiger partial charge in [-0.2, -0.15) is 0 Å². The molecule has 1 saturated carbocycles. The normalized spacial score (nSPS) is 30.7. The molecule has 2 bridgehead atoms. The zero-order chi connectivity index (χ0) is 12.7. The predicted octanol–water partition coefficient (Wildman–Crippen LogP) is 4.96. The zero-order valence-electron chi connectivity index (χ0n) is 10.4. The molecule has 0 spiro atoms. The van der Waals surface area contributed by atoms with Crippen molar-refractivity contribution in [2.45, 2.75) is 25.8 Å². The molecule has 3 rings (SSSR count). The second-order valence-corrected chi connectivity index (χ2v) is 7.10. The Bertz CT molecular complexity index is 485. The zero-order valence-corrected chi connectivity index (χ0v) is 13.3. The molecule has 2 aliphatic carbocycles. The number of allylic oxidation sites excluding steroid dienone is 2. The van der Waals surface area contributed by atoms with E-state index in [1.54, 1.807) is 0 Å². The number of benzene rings is 1. The molecule has 4 unspecified atom stereocenters. The third-order valence-electron chi connectivity index (χ3n) is 4.29. The number of anilines is 1. The monoisotopic (exact) mass is 373 g/mol. The smallest absolute Gasteiger partial charge is 0.0479 e. The van der Waals surface area contributed by atoms with Gasteiger partial charge in [0.1, 0.15) is 0 Å². The minimum atomic E-state index is 0.527. The van der Waals surface area contributed by atoms with Crippen LogP contribution in [0.4, 0.5) is 5.69 Å². The summed E-state index contributed by atoms with van der Waals surface area (Å²) in [6, 6.07) is 6.58. The van der Waals surface area contributed by atoms with E-state index in [4.69, 9.17) is 11.6 Å². The van der Waals surface area contributed by atoms with Gasteiger partial charge in [0, 0.05) is 20.3 Å². The fourth-order valence-electron chi connectivity index (χ4n) is 3.36. The largest absolute Gasteiger partial charge is 0.381 e. The first-order valence-electron chi connectivity index (χ1n) is 6.53. The Morgan fingerprint density at radius 3 is 2.78 bits per heavy atom. The van der Waals surface area contributed by atoms with Crippen molar-refractivity contribution in [3.05, 3.63) is 38.9 Å². The van der Waals surface area contributed by atoms with Crippen molar-refractivity contribution < 1.29 is 0 Å². The van der Waals surface area contributed by atoms with Gasteiger partial charge in [-0.1, -0.05) is 23.8 Å². The fourth-order valence-corrected chi connectivity index (χ4v) is 4.38. The highest BCUT2D eigenvalue weighted by atomic mass is 127. The summed E-state index contributed by atoms with van der Waals surface area (Å²) >= 11 is 8.34. The van der Waals surface area contributed by atoms with Crippen LogP contribution in [-0.4, -0.2) is 6.04 Å². The van der Waals surface area contributed by atoms with Gasteiger partial charge in [-0.25, -0.2) is 0 Å². The Labute approximate surface area is 127 Å². The first-order valence-corrected chi connectivity index (χ1v) is 7.99. The number of rotatable bonds is 3. The lowest BCUT2D eigenvalue weighted by Crippen LogP contribution is -2.29. The molecule has 1 nitrogen and oxygen atoms in total. The van der Waals surface area contributed by atoms with Crippen LogP contribution in [0.25, 0.3) is 0 Å². The molecule has 2 aliphatic rings. The van der Waals surface area contributed by atoms with Gasteiger partial charge >= 0.3 is 0 Å². The molecule has 0 radical (unpaired) electrons. The fraction of sp³-hybridized carbons (Fsp3) is 0.467. The van der Waals surface area contributed by atoms with E-state index in [1.807, 2.05) is 12.1 Å². The van der Waals surface area contributed by atoms with Gasteiger partial charge in [-0.15, -0.1) is 0 Å². The molecule has 0 saturated heterocycles. The van der Waals surface area contributed by atoms with Crippen LogP contribution in [0.2, 0.25) is 5.02 Å². The van der Waals surface area contributed by atoms with Crippen molar-refractivity contribution in [3.8, 4) is 0 Å². The summed E-state index contributed by atoms with van der Waals surface area (Å²) in [5.41, 5.74) is 1.21. The van der Waals surface area contributed by atoms with E-state index in [0.717, 1.165) is 22.8 Å². The molecule has 18 heavy (non-hydrogen) atoms. The molecule has 4 atom stereocenters. The Hall–Kier alpha value is -0.220. The summed E-state index contributed by atoms with van der Waals surface area (Å²) in [5, 5.41) is 4.47. The van der Waals surface area contributed by atoms with Gasteiger partial charge in [0.2, 0.25) is 0 Å². The highest BCUT2D eigenvalue weighted by molar-refractivity contribution is 14.1. The second-order valence-electron chi connectivity index (χ2n) is 5.50. The van der Waals surface area contributed by atoms with Crippen LogP contribution in [-0.2, 0) is 0 Å². The first-order chi connectivity index (χ1) is 8.63. The SMILES string of the molecule is CC(Nc1ccc(Cl)cc1I)C1CC2C=CC1C2. The Morgan fingerprint density at radius 2 is 2.17 bits per heavy atom. The Balaban J connectivity index is 1.71. The maximum absolute atomic E-state index is 5.99. The van der Waals surface area contributed by atoms with Gasteiger partial charge in [-0.05, 0) is 78.3 Å². The molecule has 0 amide bonds. The van der Waals surface area contributed by atoms with E-state index < -0.39 is 0 Å². The van der Waals surface area contributed by atoms with Crippen LogP contribution in [0, 0.1) is 21.3 Å². The average molecular weight is 374 g/mol. The van der Waals surface area contributed by atoms with Gasteiger partial charge in [0.05, 0.1) is 0 Å². The topological polar surface area (TPSA) is 12.0 Å². The van der Waals surface area contributed by atoms with Crippen molar-refractivity contribution in [1.82, 2.24) is 0 Å². The predicted molar refractivity (Wildman–Crippen MR) is 86.1 cm³/mol. The summed E-state index contributed by atoms with van der Waals surface area (Å²) in [6.07, 6.45) is 7.54. The summed E-state index contributed by atoms with van der Waals surface area (Å²) in [5.74, 6) is 2.42. The second kappa shape index (κ2) is 5.04. The van der Waals surface area contributed by atoms with E-state index in [2.05, 4.69) is 53.0 Å². The van der Waals surface area contributed by atoms with Gasteiger partial charge in [0.15, 0.2) is 0 Å². The van der Waals surface area contributed by atoms with Crippen molar-refractivity contribution >= 4 is 39.9 Å². The average Bonchev–Trinajstić information content (AvgIpc) is 2.94. The van der Waals surface area contributed by atoms with E-state index in [9.17, 15) is 0 Å². The van der Waals surface area contributed by atoms with Crippen LogP contribution in [0.3, 0.4) is 0 Å². The van der Waals surface area contributed by atoms with Crippen LogP contribution >= 0.6 is 34.2 Å². The maximum Gasteiger partial charge on any atom is 0.0479 e. The molecule has 96 valence electrons.